The first-order chi connectivity index (χ1) is 12.0. The molecule has 1 aromatic carbocycles. The molecule has 0 saturated heterocycles. The third kappa shape index (κ3) is 5.37. The van der Waals surface area contributed by atoms with Gasteiger partial charge in [-0.05, 0) is 29.7 Å². The highest BCUT2D eigenvalue weighted by atomic mass is 19.4. The predicted octanol–water partition coefficient (Wildman–Crippen LogP) is 4.16. The third-order valence-electron chi connectivity index (χ3n) is 3.31. The minimum Gasteiger partial charge on any atom is -0.451 e. The number of carbonyl (C=O) groups is 2. The molecule has 26 heavy (non-hydrogen) atoms. The van der Waals surface area contributed by atoms with Gasteiger partial charge in [0.2, 0.25) is 5.91 Å². The van der Waals surface area contributed by atoms with Crippen LogP contribution in [0.3, 0.4) is 0 Å². The van der Waals surface area contributed by atoms with Crippen molar-refractivity contribution in [1.29, 1.82) is 0 Å². The predicted molar refractivity (Wildman–Crippen MR) is 88.8 cm³/mol. The van der Waals surface area contributed by atoms with Gasteiger partial charge in [-0.2, -0.15) is 13.2 Å². The fourth-order valence-corrected chi connectivity index (χ4v) is 2.18. The normalized spacial score (nSPS) is 11.9. The molecule has 2 amide bonds. The molecule has 8 heteroatoms. The van der Waals surface area contributed by atoms with E-state index >= 15 is 0 Å². The maximum absolute atomic E-state index is 12.8. The Kier molecular flexibility index (Phi) is 5.44. The lowest BCUT2D eigenvalue weighted by Gasteiger charge is -2.17. The molecule has 0 atom stereocenters. The SMILES string of the molecule is CC(C)(C)CC(=O)NNC(=O)c1ccc(-c2cccc(C(F)(F)F)c2)o1. The van der Waals surface area contributed by atoms with E-state index in [9.17, 15) is 22.8 Å². The summed E-state index contributed by atoms with van der Waals surface area (Å²) in [6, 6.07) is 7.30. The van der Waals surface area contributed by atoms with Crippen LogP contribution in [0.4, 0.5) is 13.2 Å². The Labute approximate surface area is 148 Å². The number of benzene rings is 1. The smallest absolute Gasteiger partial charge is 0.416 e. The van der Waals surface area contributed by atoms with E-state index in [2.05, 4.69) is 10.9 Å². The van der Waals surface area contributed by atoms with Gasteiger partial charge in [-0.15, -0.1) is 0 Å². The van der Waals surface area contributed by atoms with Crippen molar-refractivity contribution in [3.05, 3.63) is 47.7 Å². The van der Waals surface area contributed by atoms with Gasteiger partial charge in [0.25, 0.3) is 0 Å². The number of nitrogens with one attached hydrogen (secondary N) is 2. The van der Waals surface area contributed by atoms with Crippen LogP contribution in [0, 0.1) is 5.41 Å². The van der Waals surface area contributed by atoms with Gasteiger partial charge in [-0.25, -0.2) is 0 Å². The summed E-state index contributed by atoms with van der Waals surface area (Å²) in [6.45, 7) is 5.63. The molecular formula is C18H19F3N2O3. The van der Waals surface area contributed by atoms with E-state index in [1.54, 1.807) is 0 Å². The number of carbonyl (C=O) groups excluding carboxylic acids is 2. The van der Waals surface area contributed by atoms with E-state index in [1.807, 2.05) is 20.8 Å². The largest absolute Gasteiger partial charge is 0.451 e. The van der Waals surface area contributed by atoms with Crippen molar-refractivity contribution in [3.63, 3.8) is 0 Å². The Hall–Kier alpha value is -2.77. The monoisotopic (exact) mass is 368 g/mol. The lowest BCUT2D eigenvalue weighted by Crippen LogP contribution is -2.42. The van der Waals surface area contributed by atoms with Crippen molar-refractivity contribution in [2.75, 3.05) is 0 Å². The number of rotatable bonds is 3. The third-order valence-corrected chi connectivity index (χ3v) is 3.31. The molecule has 0 radical (unpaired) electrons. The zero-order chi connectivity index (χ0) is 19.5. The molecule has 0 saturated carbocycles. The van der Waals surface area contributed by atoms with Crippen LogP contribution in [0.1, 0.15) is 43.3 Å². The Balaban J connectivity index is 2.05. The Bertz CT molecular complexity index is 804. The second-order valence-electron chi connectivity index (χ2n) is 6.98. The quantitative estimate of drug-likeness (QED) is 0.799. The van der Waals surface area contributed by atoms with Crippen molar-refractivity contribution >= 4 is 11.8 Å². The molecule has 2 aromatic rings. The van der Waals surface area contributed by atoms with E-state index in [-0.39, 0.29) is 34.8 Å². The van der Waals surface area contributed by atoms with Crippen LogP contribution < -0.4 is 10.9 Å². The molecule has 5 nitrogen and oxygen atoms in total. The highest BCUT2D eigenvalue weighted by molar-refractivity contribution is 5.93. The van der Waals surface area contributed by atoms with Gasteiger partial charge >= 0.3 is 12.1 Å². The van der Waals surface area contributed by atoms with Crippen LogP contribution in [-0.2, 0) is 11.0 Å². The number of hydrogen-bond donors (Lipinski definition) is 2. The molecule has 1 heterocycles. The minimum absolute atomic E-state index is 0.113. The molecule has 0 fully saturated rings. The van der Waals surface area contributed by atoms with Crippen LogP contribution in [0.5, 0.6) is 0 Å². The summed E-state index contributed by atoms with van der Waals surface area (Å²) >= 11 is 0. The van der Waals surface area contributed by atoms with Crippen molar-refractivity contribution in [1.82, 2.24) is 10.9 Å². The van der Waals surface area contributed by atoms with Gasteiger partial charge in [0.05, 0.1) is 5.56 Å². The van der Waals surface area contributed by atoms with E-state index in [0.717, 1.165) is 12.1 Å². The Morgan fingerprint density at radius 2 is 1.73 bits per heavy atom. The maximum Gasteiger partial charge on any atom is 0.416 e. The molecule has 0 bridgehead atoms. The minimum atomic E-state index is -4.47. The maximum atomic E-state index is 12.8. The molecule has 0 aliphatic carbocycles. The van der Waals surface area contributed by atoms with Crippen molar-refractivity contribution in [3.8, 4) is 11.3 Å². The lowest BCUT2D eigenvalue weighted by molar-refractivity contribution is -0.137. The van der Waals surface area contributed by atoms with Gasteiger partial charge in [-0.1, -0.05) is 32.9 Å². The molecule has 0 unspecified atom stereocenters. The molecule has 2 rings (SSSR count). The summed E-state index contributed by atoms with van der Waals surface area (Å²) in [4.78, 5) is 23.7. The number of amides is 2. The Morgan fingerprint density at radius 1 is 1.04 bits per heavy atom. The Morgan fingerprint density at radius 3 is 2.35 bits per heavy atom. The summed E-state index contributed by atoms with van der Waals surface area (Å²) < 4.78 is 43.6. The van der Waals surface area contributed by atoms with Gasteiger partial charge < -0.3 is 4.42 Å². The number of furan rings is 1. The number of hydrogen-bond acceptors (Lipinski definition) is 3. The van der Waals surface area contributed by atoms with Crippen molar-refractivity contribution in [2.45, 2.75) is 33.4 Å². The van der Waals surface area contributed by atoms with Crippen LogP contribution in [0.2, 0.25) is 0 Å². The van der Waals surface area contributed by atoms with Crippen LogP contribution in [-0.4, -0.2) is 11.8 Å². The topological polar surface area (TPSA) is 71.3 Å². The first-order valence-electron chi connectivity index (χ1n) is 7.82. The second-order valence-corrected chi connectivity index (χ2v) is 6.98. The molecule has 140 valence electrons. The van der Waals surface area contributed by atoms with Crippen molar-refractivity contribution < 1.29 is 27.2 Å². The summed E-state index contributed by atoms with van der Waals surface area (Å²) in [5.74, 6) is -1.09. The fraction of sp³-hybridized carbons (Fsp3) is 0.333. The van der Waals surface area contributed by atoms with E-state index in [1.165, 1.54) is 24.3 Å². The molecule has 0 aliphatic rings. The average molecular weight is 368 g/mol. The van der Waals surface area contributed by atoms with Gasteiger partial charge in [0.1, 0.15) is 5.76 Å². The highest BCUT2D eigenvalue weighted by Crippen LogP contribution is 2.32. The fourth-order valence-electron chi connectivity index (χ4n) is 2.18. The molecule has 1 aromatic heterocycles. The number of alkyl halides is 3. The van der Waals surface area contributed by atoms with E-state index < -0.39 is 17.6 Å². The van der Waals surface area contributed by atoms with Crippen molar-refractivity contribution in [2.24, 2.45) is 5.41 Å². The van der Waals surface area contributed by atoms with Crippen LogP contribution in [0.25, 0.3) is 11.3 Å². The summed E-state index contributed by atoms with van der Waals surface area (Å²) in [6.07, 6.45) is -4.26. The lowest BCUT2D eigenvalue weighted by atomic mass is 9.92. The second kappa shape index (κ2) is 7.23. The van der Waals surface area contributed by atoms with Crippen LogP contribution in [0.15, 0.2) is 40.8 Å². The summed E-state index contributed by atoms with van der Waals surface area (Å²) in [5, 5.41) is 0. The number of halogens is 3. The zero-order valence-corrected chi connectivity index (χ0v) is 14.5. The first-order valence-corrected chi connectivity index (χ1v) is 7.82. The molecule has 0 aliphatic heterocycles. The molecule has 2 N–H and O–H groups in total. The summed E-state index contributed by atoms with van der Waals surface area (Å²) in [5.41, 5.74) is 3.62. The summed E-state index contributed by atoms with van der Waals surface area (Å²) in [7, 11) is 0. The van der Waals surface area contributed by atoms with E-state index in [0.29, 0.717) is 0 Å². The van der Waals surface area contributed by atoms with Gasteiger partial charge in [-0.3, -0.25) is 20.4 Å². The number of hydrazine groups is 1. The standard InChI is InChI=1S/C18H19F3N2O3/c1-17(2,3)10-15(24)22-23-16(25)14-8-7-13(26-14)11-5-4-6-12(9-11)18(19,20)21/h4-9H,10H2,1-3H3,(H,22,24)(H,23,25). The van der Waals surface area contributed by atoms with Crippen LogP contribution >= 0.6 is 0 Å². The average Bonchev–Trinajstić information content (AvgIpc) is 3.00. The first kappa shape index (κ1) is 19.6. The molecular weight excluding hydrogens is 349 g/mol. The molecule has 0 spiro atoms. The van der Waals surface area contributed by atoms with Gasteiger partial charge in [0, 0.05) is 12.0 Å². The highest BCUT2D eigenvalue weighted by Gasteiger charge is 2.30. The van der Waals surface area contributed by atoms with Gasteiger partial charge in [0.15, 0.2) is 5.76 Å². The van der Waals surface area contributed by atoms with E-state index in [4.69, 9.17) is 4.42 Å². The zero-order valence-electron chi connectivity index (χ0n) is 14.5.